The summed E-state index contributed by atoms with van der Waals surface area (Å²) in [4.78, 5) is 24.1. The van der Waals surface area contributed by atoms with Crippen LogP contribution in [0.15, 0.2) is 59.0 Å². The second-order valence-electron chi connectivity index (χ2n) is 6.17. The van der Waals surface area contributed by atoms with Gasteiger partial charge in [0, 0.05) is 17.6 Å². The first-order chi connectivity index (χ1) is 14.0. The Balaban J connectivity index is 1.56. The highest BCUT2D eigenvalue weighted by Gasteiger charge is 2.12. The maximum Gasteiger partial charge on any atom is 0.253 e. The van der Waals surface area contributed by atoms with Gasteiger partial charge in [0.2, 0.25) is 5.91 Å². The smallest absolute Gasteiger partial charge is 0.253 e. The number of hydrogen-bond donors (Lipinski definition) is 3. The van der Waals surface area contributed by atoms with Crippen molar-refractivity contribution in [3.05, 3.63) is 76.0 Å². The lowest BCUT2D eigenvalue weighted by Crippen LogP contribution is -2.29. The van der Waals surface area contributed by atoms with Gasteiger partial charge in [-0.15, -0.1) is 0 Å². The first-order valence-electron chi connectivity index (χ1n) is 8.83. The van der Waals surface area contributed by atoms with E-state index in [1.54, 1.807) is 54.6 Å². The second kappa shape index (κ2) is 9.60. The molecule has 2 aromatic carbocycles. The van der Waals surface area contributed by atoms with E-state index in [4.69, 9.17) is 27.6 Å². The fraction of sp³-hybridized carbons (Fsp3) is 0.143. The zero-order chi connectivity index (χ0) is 20.8. The lowest BCUT2D eigenvalue weighted by molar-refractivity contribution is -0.115. The van der Waals surface area contributed by atoms with Crippen LogP contribution in [0.5, 0.6) is 0 Å². The molecule has 8 heteroatoms. The zero-order valence-electron chi connectivity index (χ0n) is 15.6. The minimum Gasteiger partial charge on any atom is -0.460 e. The van der Waals surface area contributed by atoms with Crippen molar-refractivity contribution in [1.82, 2.24) is 10.6 Å². The number of halogens is 2. The van der Waals surface area contributed by atoms with Crippen LogP contribution in [0.3, 0.4) is 0 Å². The third-order valence-electron chi connectivity index (χ3n) is 4.11. The van der Waals surface area contributed by atoms with Gasteiger partial charge in [0.1, 0.15) is 11.5 Å². The van der Waals surface area contributed by atoms with E-state index in [9.17, 15) is 9.59 Å². The van der Waals surface area contributed by atoms with E-state index in [-0.39, 0.29) is 18.4 Å². The number of hydrogen-bond acceptors (Lipinski definition) is 4. The lowest BCUT2D eigenvalue weighted by Gasteiger charge is -2.10. The summed E-state index contributed by atoms with van der Waals surface area (Å²) in [6, 6.07) is 15.6. The Morgan fingerprint density at radius 3 is 2.62 bits per heavy atom. The number of furan rings is 1. The molecule has 0 aliphatic rings. The summed E-state index contributed by atoms with van der Waals surface area (Å²) in [6.07, 6.45) is 0. The third kappa shape index (κ3) is 5.38. The van der Waals surface area contributed by atoms with Crippen LogP contribution in [0.2, 0.25) is 10.0 Å². The van der Waals surface area contributed by atoms with Gasteiger partial charge in [-0.25, -0.2) is 0 Å². The Hall–Kier alpha value is -2.80. The molecule has 0 aliphatic heterocycles. The predicted octanol–water partition coefficient (Wildman–Crippen LogP) is 4.34. The maximum atomic E-state index is 12.2. The summed E-state index contributed by atoms with van der Waals surface area (Å²) in [7, 11) is 1.54. The molecule has 2 amide bonds. The minimum atomic E-state index is -0.272. The molecule has 0 saturated heterocycles. The summed E-state index contributed by atoms with van der Waals surface area (Å²) in [5, 5.41) is 9.39. The molecule has 0 atom stereocenters. The van der Waals surface area contributed by atoms with Gasteiger partial charge in [0.15, 0.2) is 0 Å². The molecule has 0 fully saturated rings. The molecule has 29 heavy (non-hydrogen) atoms. The van der Waals surface area contributed by atoms with Crippen LogP contribution in [0.25, 0.3) is 11.3 Å². The van der Waals surface area contributed by atoms with Crippen LogP contribution < -0.4 is 16.0 Å². The van der Waals surface area contributed by atoms with Crippen molar-refractivity contribution in [3.8, 4) is 11.3 Å². The van der Waals surface area contributed by atoms with E-state index in [1.165, 1.54) is 7.05 Å². The maximum absolute atomic E-state index is 12.2. The number of benzene rings is 2. The van der Waals surface area contributed by atoms with Crippen molar-refractivity contribution in [3.63, 3.8) is 0 Å². The molecule has 150 valence electrons. The second-order valence-corrected chi connectivity index (χ2v) is 7.01. The minimum absolute atomic E-state index is 0.0516. The van der Waals surface area contributed by atoms with Gasteiger partial charge in [-0.3, -0.25) is 9.59 Å². The highest BCUT2D eigenvalue weighted by atomic mass is 35.5. The standard InChI is InChI=1S/C21H19Cl2N3O3/c1-24-21(28)15-4-2-3-5-18(15)26-20(27)12-25-11-14-7-9-19(29-14)16-10-13(22)6-8-17(16)23/h2-10,25H,11-12H2,1H3,(H,24,28)(H,26,27). The summed E-state index contributed by atoms with van der Waals surface area (Å²) in [5.41, 5.74) is 1.56. The molecule has 3 rings (SSSR count). The van der Waals surface area contributed by atoms with E-state index >= 15 is 0 Å². The van der Waals surface area contributed by atoms with E-state index in [2.05, 4.69) is 16.0 Å². The predicted molar refractivity (Wildman–Crippen MR) is 114 cm³/mol. The van der Waals surface area contributed by atoms with Crippen molar-refractivity contribution in [1.29, 1.82) is 0 Å². The van der Waals surface area contributed by atoms with Gasteiger partial charge < -0.3 is 20.4 Å². The number of rotatable bonds is 7. The van der Waals surface area contributed by atoms with E-state index in [0.717, 1.165) is 0 Å². The molecule has 3 N–H and O–H groups in total. The van der Waals surface area contributed by atoms with Gasteiger partial charge in [0.05, 0.1) is 29.4 Å². The number of amides is 2. The van der Waals surface area contributed by atoms with E-state index in [0.29, 0.717) is 44.9 Å². The molecule has 0 radical (unpaired) electrons. The van der Waals surface area contributed by atoms with Gasteiger partial charge in [-0.2, -0.15) is 0 Å². The first-order valence-corrected chi connectivity index (χ1v) is 9.59. The average molecular weight is 432 g/mol. The van der Waals surface area contributed by atoms with Crippen LogP contribution in [-0.2, 0) is 11.3 Å². The lowest BCUT2D eigenvalue weighted by atomic mass is 10.1. The van der Waals surface area contributed by atoms with Crippen LogP contribution in [-0.4, -0.2) is 25.4 Å². The summed E-state index contributed by atoms with van der Waals surface area (Å²) in [6.45, 7) is 0.402. The number of anilines is 1. The molecule has 3 aromatic rings. The van der Waals surface area contributed by atoms with Crippen molar-refractivity contribution in [2.45, 2.75) is 6.54 Å². The Morgan fingerprint density at radius 2 is 1.83 bits per heavy atom. The largest absolute Gasteiger partial charge is 0.460 e. The number of para-hydroxylation sites is 1. The zero-order valence-corrected chi connectivity index (χ0v) is 17.1. The highest BCUT2D eigenvalue weighted by molar-refractivity contribution is 6.35. The van der Waals surface area contributed by atoms with Crippen molar-refractivity contribution < 1.29 is 14.0 Å². The average Bonchev–Trinajstić information content (AvgIpc) is 3.18. The molecule has 1 aromatic heterocycles. The molecular formula is C21H19Cl2N3O3. The molecule has 0 unspecified atom stereocenters. The Morgan fingerprint density at radius 1 is 1.03 bits per heavy atom. The number of carbonyl (C=O) groups excluding carboxylic acids is 2. The fourth-order valence-corrected chi connectivity index (χ4v) is 3.11. The molecule has 1 heterocycles. The van der Waals surface area contributed by atoms with Crippen LogP contribution >= 0.6 is 23.2 Å². The Kier molecular flexibility index (Phi) is 6.93. The van der Waals surface area contributed by atoms with E-state index in [1.807, 2.05) is 0 Å². The SMILES string of the molecule is CNC(=O)c1ccccc1NC(=O)CNCc1ccc(-c2cc(Cl)ccc2Cl)o1. The Labute approximate surface area is 178 Å². The normalized spacial score (nSPS) is 10.6. The van der Waals surface area contributed by atoms with Crippen molar-refractivity contribution >= 4 is 40.7 Å². The van der Waals surface area contributed by atoms with Crippen molar-refractivity contribution in [2.24, 2.45) is 0 Å². The highest BCUT2D eigenvalue weighted by Crippen LogP contribution is 2.31. The summed E-state index contributed by atoms with van der Waals surface area (Å²) >= 11 is 12.2. The molecule has 6 nitrogen and oxygen atoms in total. The van der Waals surface area contributed by atoms with Crippen LogP contribution in [0, 0.1) is 0 Å². The van der Waals surface area contributed by atoms with Gasteiger partial charge in [-0.05, 0) is 42.5 Å². The third-order valence-corrected chi connectivity index (χ3v) is 4.68. The molecular weight excluding hydrogens is 413 g/mol. The van der Waals surface area contributed by atoms with Crippen LogP contribution in [0.4, 0.5) is 5.69 Å². The molecule has 0 bridgehead atoms. The van der Waals surface area contributed by atoms with Gasteiger partial charge >= 0.3 is 0 Å². The summed E-state index contributed by atoms with van der Waals surface area (Å²) in [5.74, 6) is 0.704. The first kappa shape index (κ1) is 20.9. The summed E-state index contributed by atoms with van der Waals surface area (Å²) < 4.78 is 5.78. The fourth-order valence-electron chi connectivity index (χ4n) is 2.72. The number of nitrogens with one attached hydrogen (secondary N) is 3. The number of carbonyl (C=O) groups is 2. The van der Waals surface area contributed by atoms with Gasteiger partial charge in [-0.1, -0.05) is 35.3 Å². The molecule has 0 spiro atoms. The quantitative estimate of drug-likeness (QED) is 0.519. The Bertz CT molecular complexity index is 1030. The van der Waals surface area contributed by atoms with Gasteiger partial charge in [0.25, 0.3) is 5.91 Å². The molecule has 0 aliphatic carbocycles. The van der Waals surface area contributed by atoms with E-state index < -0.39 is 0 Å². The van der Waals surface area contributed by atoms with Crippen molar-refractivity contribution in [2.75, 3.05) is 18.9 Å². The monoisotopic (exact) mass is 431 g/mol. The van der Waals surface area contributed by atoms with Crippen LogP contribution in [0.1, 0.15) is 16.1 Å². The molecule has 0 saturated carbocycles. The topological polar surface area (TPSA) is 83.4 Å².